The standard InChI is InChI=1S/C20H43NO/c1-4-7-8-9-10-11-12-13-14-15-16-19-22-20-17-18-21(5-2)6-3/h4-20H2,1-3H3. The quantitative estimate of drug-likeness (QED) is 0.286. The van der Waals surface area contributed by atoms with E-state index in [4.69, 9.17) is 4.74 Å². The normalized spacial score (nSPS) is 11.5. The first-order valence-electron chi connectivity index (χ1n) is 10.1. The van der Waals surface area contributed by atoms with E-state index in [2.05, 4.69) is 25.7 Å². The van der Waals surface area contributed by atoms with Gasteiger partial charge in [-0.25, -0.2) is 0 Å². The van der Waals surface area contributed by atoms with Gasteiger partial charge in [0, 0.05) is 19.8 Å². The van der Waals surface area contributed by atoms with E-state index < -0.39 is 0 Å². The summed E-state index contributed by atoms with van der Waals surface area (Å²) in [5.74, 6) is 0. The number of rotatable bonds is 18. The Balaban J connectivity index is 3.02. The van der Waals surface area contributed by atoms with Crippen molar-refractivity contribution < 1.29 is 4.74 Å². The second-order valence-electron chi connectivity index (χ2n) is 6.53. The van der Waals surface area contributed by atoms with E-state index in [-0.39, 0.29) is 0 Å². The van der Waals surface area contributed by atoms with Gasteiger partial charge in [-0.15, -0.1) is 0 Å². The summed E-state index contributed by atoms with van der Waals surface area (Å²) in [6.45, 7) is 12.2. The van der Waals surface area contributed by atoms with Gasteiger partial charge in [-0.1, -0.05) is 85.0 Å². The van der Waals surface area contributed by atoms with Crippen molar-refractivity contribution in [3.05, 3.63) is 0 Å². The molecular weight excluding hydrogens is 270 g/mol. The maximum atomic E-state index is 5.73. The molecule has 0 aliphatic rings. The molecule has 0 N–H and O–H groups in total. The van der Waals surface area contributed by atoms with E-state index in [1.54, 1.807) is 0 Å². The van der Waals surface area contributed by atoms with Crippen LogP contribution < -0.4 is 0 Å². The number of unbranched alkanes of at least 4 members (excludes halogenated alkanes) is 10. The Morgan fingerprint density at radius 1 is 0.545 bits per heavy atom. The van der Waals surface area contributed by atoms with Crippen molar-refractivity contribution in [2.45, 2.75) is 97.8 Å². The molecule has 134 valence electrons. The van der Waals surface area contributed by atoms with Crippen LogP contribution in [0.1, 0.15) is 97.8 Å². The van der Waals surface area contributed by atoms with Gasteiger partial charge in [0.2, 0.25) is 0 Å². The lowest BCUT2D eigenvalue weighted by Crippen LogP contribution is -2.24. The number of hydrogen-bond donors (Lipinski definition) is 0. The lowest BCUT2D eigenvalue weighted by Gasteiger charge is -2.17. The third-order valence-electron chi connectivity index (χ3n) is 4.55. The van der Waals surface area contributed by atoms with Crippen LogP contribution in [0.5, 0.6) is 0 Å². The average Bonchev–Trinajstić information content (AvgIpc) is 2.55. The van der Waals surface area contributed by atoms with Crippen molar-refractivity contribution in [2.24, 2.45) is 0 Å². The summed E-state index contributed by atoms with van der Waals surface area (Å²) >= 11 is 0. The lowest BCUT2D eigenvalue weighted by atomic mass is 10.1. The Bertz CT molecular complexity index is 192. The zero-order chi connectivity index (χ0) is 16.3. The fourth-order valence-electron chi connectivity index (χ4n) is 2.90. The van der Waals surface area contributed by atoms with Gasteiger partial charge in [-0.2, -0.15) is 0 Å². The van der Waals surface area contributed by atoms with Crippen molar-refractivity contribution in [3.8, 4) is 0 Å². The third-order valence-corrected chi connectivity index (χ3v) is 4.55. The summed E-state index contributed by atoms with van der Waals surface area (Å²) in [5, 5.41) is 0. The molecule has 0 unspecified atom stereocenters. The van der Waals surface area contributed by atoms with Crippen LogP contribution in [0.25, 0.3) is 0 Å². The second kappa shape index (κ2) is 19.0. The van der Waals surface area contributed by atoms with E-state index in [1.165, 1.54) is 83.6 Å². The van der Waals surface area contributed by atoms with E-state index in [0.717, 1.165) is 26.3 Å². The molecule has 2 heteroatoms. The summed E-state index contributed by atoms with van der Waals surface area (Å²) in [6.07, 6.45) is 16.6. The summed E-state index contributed by atoms with van der Waals surface area (Å²) in [7, 11) is 0. The number of ether oxygens (including phenoxy) is 1. The van der Waals surface area contributed by atoms with Crippen LogP contribution in [0.3, 0.4) is 0 Å². The minimum Gasteiger partial charge on any atom is -0.381 e. The molecule has 0 aromatic heterocycles. The molecule has 0 aromatic rings. The Hall–Kier alpha value is -0.0800. The Morgan fingerprint density at radius 2 is 1.00 bits per heavy atom. The summed E-state index contributed by atoms with van der Waals surface area (Å²) < 4.78 is 5.73. The fraction of sp³-hybridized carbons (Fsp3) is 1.00. The molecule has 0 amide bonds. The molecular formula is C20H43NO. The van der Waals surface area contributed by atoms with Gasteiger partial charge in [0.25, 0.3) is 0 Å². The second-order valence-corrected chi connectivity index (χ2v) is 6.53. The molecule has 0 fully saturated rings. The SMILES string of the molecule is CCCCCCCCCCCCCOCCCN(CC)CC. The number of hydrogen-bond acceptors (Lipinski definition) is 2. The Kier molecular flexibility index (Phi) is 18.9. The van der Waals surface area contributed by atoms with Crippen molar-refractivity contribution in [1.82, 2.24) is 4.90 Å². The summed E-state index contributed by atoms with van der Waals surface area (Å²) in [4.78, 5) is 2.46. The molecule has 0 heterocycles. The zero-order valence-corrected chi connectivity index (χ0v) is 15.9. The fourth-order valence-corrected chi connectivity index (χ4v) is 2.90. The molecule has 22 heavy (non-hydrogen) atoms. The first kappa shape index (κ1) is 21.9. The van der Waals surface area contributed by atoms with Crippen LogP contribution in [-0.4, -0.2) is 37.7 Å². The molecule has 0 aliphatic heterocycles. The topological polar surface area (TPSA) is 12.5 Å². The van der Waals surface area contributed by atoms with Gasteiger partial charge in [0.15, 0.2) is 0 Å². The highest BCUT2D eigenvalue weighted by molar-refractivity contribution is 4.52. The van der Waals surface area contributed by atoms with Crippen LogP contribution in [0.2, 0.25) is 0 Å². The first-order chi connectivity index (χ1) is 10.8. The predicted molar refractivity (Wildman–Crippen MR) is 99.7 cm³/mol. The van der Waals surface area contributed by atoms with Gasteiger partial charge in [-0.05, 0) is 25.9 Å². The highest BCUT2D eigenvalue weighted by Crippen LogP contribution is 2.11. The molecule has 0 aromatic carbocycles. The molecule has 0 radical (unpaired) electrons. The Labute approximate surface area is 141 Å². The van der Waals surface area contributed by atoms with E-state index in [9.17, 15) is 0 Å². The zero-order valence-electron chi connectivity index (χ0n) is 15.9. The highest BCUT2D eigenvalue weighted by Gasteiger charge is 1.98. The molecule has 0 saturated heterocycles. The molecule has 2 nitrogen and oxygen atoms in total. The average molecular weight is 314 g/mol. The minimum atomic E-state index is 0.939. The van der Waals surface area contributed by atoms with Crippen LogP contribution in [0.15, 0.2) is 0 Å². The predicted octanol–water partition coefficient (Wildman–Crippen LogP) is 6.05. The van der Waals surface area contributed by atoms with E-state index in [0.29, 0.717) is 0 Å². The third kappa shape index (κ3) is 16.3. The number of nitrogens with zero attached hydrogens (tertiary/aromatic N) is 1. The van der Waals surface area contributed by atoms with Crippen molar-refractivity contribution in [3.63, 3.8) is 0 Å². The van der Waals surface area contributed by atoms with Crippen molar-refractivity contribution in [2.75, 3.05) is 32.8 Å². The summed E-state index contributed by atoms with van der Waals surface area (Å²) in [6, 6.07) is 0. The molecule has 0 bridgehead atoms. The summed E-state index contributed by atoms with van der Waals surface area (Å²) in [5.41, 5.74) is 0. The molecule has 0 spiro atoms. The largest absolute Gasteiger partial charge is 0.381 e. The highest BCUT2D eigenvalue weighted by atomic mass is 16.5. The van der Waals surface area contributed by atoms with Gasteiger partial charge in [0.05, 0.1) is 0 Å². The molecule has 0 aliphatic carbocycles. The van der Waals surface area contributed by atoms with Gasteiger partial charge in [-0.3, -0.25) is 0 Å². The van der Waals surface area contributed by atoms with E-state index >= 15 is 0 Å². The van der Waals surface area contributed by atoms with Crippen LogP contribution in [-0.2, 0) is 4.74 Å². The monoisotopic (exact) mass is 313 g/mol. The van der Waals surface area contributed by atoms with Gasteiger partial charge in [0.1, 0.15) is 0 Å². The van der Waals surface area contributed by atoms with Gasteiger partial charge < -0.3 is 9.64 Å². The van der Waals surface area contributed by atoms with Crippen LogP contribution >= 0.6 is 0 Å². The lowest BCUT2D eigenvalue weighted by molar-refractivity contribution is 0.118. The molecule has 0 rings (SSSR count). The van der Waals surface area contributed by atoms with Crippen molar-refractivity contribution >= 4 is 0 Å². The van der Waals surface area contributed by atoms with Crippen LogP contribution in [0, 0.1) is 0 Å². The molecule has 0 saturated carbocycles. The maximum Gasteiger partial charge on any atom is 0.0478 e. The Morgan fingerprint density at radius 3 is 1.50 bits per heavy atom. The smallest absolute Gasteiger partial charge is 0.0478 e. The minimum absolute atomic E-state index is 0.939. The van der Waals surface area contributed by atoms with Crippen molar-refractivity contribution in [1.29, 1.82) is 0 Å². The maximum absolute atomic E-state index is 5.73. The first-order valence-corrected chi connectivity index (χ1v) is 10.1. The van der Waals surface area contributed by atoms with Crippen LogP contribution in [0.4, 0.5) is 0 Å². The van der Waals surface area contributed by atoms with Gasteiger partial charge >= 0.3 is 0 Å². The van der Waals surface area contributed by atoms with E-state index in [1.807, 2.05) is 0 Å². The molecule has 0 atom stereocenters.